The number of carbonyl (C=O) groups is 1. The summed E-state index contributed by atoms with van der Waals surface area (Å²) in [6, 6.07) is 7.63. The highest BCUT2D eigenvalue weighted by Gasteiger charge is 1.95. The van der Waals surface area contributed by atoms with Gasteiger partial charge in [-0.3, -0.25) is 0 Å². The second kappa shape index (κ2) is 5.60. The van der Waals surface area contributed by atoms with Crippen molar-refractivity contribution in [3.63, 3.8) is 0 Å². The maximum atomic E-state index is 11.0. The van der Waals surface area contributed by atoms with Gasteiger partial charge in [0.05, 0.1) is 6.26 Å². The summed E-state index contributed by atoms with van der Waals surface area (Å²) >= 11 is 0. The summed E-state index contributed by atoms with van der Waals surface area (Å²) in [4.78, 5) is 11.0. The monoisotopic (exact) mass is 200 g/mol. The van der Waals surface area contributed by atoms with Gasteiger partial charge in [0.15, 0.2) is 0 Å². The van der Waals surface area contributed by atoms with Crippen LogP contribution in [0.15, 0.2) is 49.8 Å². The first kappa shape index (κ1) is 11.0. The lowest BCUT2D eigenvalue weighted by Gasteiger charge is -1.98. The zero-order valence-corrected chi connectivity index (χ0v) is 8.35. The van der Waals surface area contributed by atoms with Gasteiger partial charge in [-0.05, 0) is 17.2 Å². The third-order valence-corrected chi connectivity index (χ3v) is 1.81. The second-order valence-corrected chi connectivity index (χ2v) is 2.77. The van der Waals surface area contributed by atoms with Gasteiger partial charge in [0.2, 0.25) is 0 Å². The number of rotatable bonds is 4. The Morgan fingerprint density at radius 2 is 1.87 bits per heavy atom. The Morgan fingerprint density at radius 3 is 2.47 bits per heavy atom. The molecule has 15 heavy (non-hydrogen) atoms. The predicted octanol–water partition coefficient (Wildman–Crippen LogP) is 3.03. The maximum absolute atomic E-state index is 11.0. The van der Waals surface area contributed by atoms with Crippen molar-refractivity contribution in [1.82, 2.24) is 0 Å². The summed E-state index contributed by atoms with van der Waals surface area (Å²) in [5, 5.41) is 0. The van der Waals surface area contributed by atoms with Crippen molar-refractivity contribution in [2.75, 3.05) is 0 Å². The maximum Gasteiger partial charge on any atom is 0.335 e. The molecule has 1 aromatic carbocycles. The highest BCUT2D eigenvalue weighted by Crippen LogP contribution is 2.11. The van der Waals surface area contributed by atoms with Crippen molar-refractivity contribution in [1.29, 1.82) is 0 Å². The zero-order valence-electron chi connectivity index (χ0n) is 8.35. The van der Waals surface area contributed by atoms with Crippen LogP contribution in [-0.2, 0) is 9.53 Å². The van der Waals surface area contributed by atoms with Crippen LogP contribution in [0.3, 0.4) is 0 Å². The van der Waals surface area contributed by atoms with Gasteiger partial charge in [-0.2, -0.15) is 0 Å². The molecule has 0 atom stereocenters. The first-order valence-corrected chi connectivity index (χ1v) is 4.49. The molecule has 0 unspecified atom stereocenters. The summed E-state index contributed by atoms with van der Waals surface area (Å²) in [5.41, 5.74) is 1.90. The first-order chi connectivity index (χ1) is 7.27. The predicted molar refractivity (Wildman–Crippen MR) is 61.9 cm³/mol. The number of ether oxygens (including phenoxy) is 1. The second-order valence-electron chi connectivity index (χ2n) is 2.77. The Balaban J connectivity index is 2.84. The average molecular weight is 200 g/mol. The van der Waals surface area contributed by atoms with E-state index in [1.807, 2.05) is 24.3 Å². The summed E-state index contributed by atoms with van der Waals surface area (Å²) in [7, 11) is 0. The minimum absolute atomic E-state index is 0.441. The first-order valence-electron chi connectivity index (χ1n) is 4.49. The molecule has 0 N–H and O–H groups in total. The Hall–Kier alpha value is -2.09. The number of carbonyl (C=O) groups excluding carboxylic acids is 1. The molecule has 0 aliphatic heterocycles. The summed E-state index contributed by atoms with van der Waals surface area (Å²) < 4.78 is 4.55. The molecule has 1 rings (SSSR count). The largest absolute Gasteiger partial charge is 0.432 e. The Bertz CT molecular complexity index is 403. The van der Waals surface area contributed by atoms with Crippen LogP contribution in [-0.4, -0.2) is 5.97 Å². The fourth-order valence-electron chi connectivity index (χ4n) is 1.13. The molecular weight excluding hydrogens is 188 g/mol. The lowest BCUT2D eigenvalue weighted by molar-refractivity contribution is -0.132. The number of hydrogen-bond acceptors (Lipinski definition) is 2. The molecule has 0 aromatic heterocycles. The fourth-order valence-corrected chi connectivity index (χ4v) is 1.13. The molecule has 0 radical (unpaired) electrons. The molecular formula is C13H12O2. The lowest BCUT2D eigenvalue weighted by atomic mass is 10.1. The van der Waals surface area contributed by atoms with Crippen LogP contribution in [0.4, 0.5) is 0 Å². The van der Waals surface area contributed by atoms with Crippen molar-refractivity contribution >= 4 is 18.1 Å². The van der Waals surface area contributed by atoms with E-state index >= 15 is 0 Å². The molecule has 0 saturated heterocycles. The minimum atomic E-state index is -0.441. The third-order valence-electron chi connectivity index (χ3n) is 1.81. The van der Waals surface area contributed by atoms with Gasteiger partial charge < -0.3 is 4.74 Å². The van der Waals surface area contributed by atoms with Gasteiger partial charge >= 0.3 is 5.97 Å². The summed E-state index contributed by atoms with van der Waals surface area (Å²) in [5.74, 6) is -0.441. The van der Waals surface area contributed by atoms with Crippen molar-refractivity contribution in [3.8, 4) is 0 Å². The van der Waals surface area contributed by atoms with Crippen LogP contribution < -0.4 is 0 Å². The Kier molecular flexibility index (Phi) is 4.10. The SMILES string of the molecule is C=COC(=O)/C=C/c1ccccc1C=C. The van der Waals surface area contributed by atoms with E-state index in [-0.39, 0.29) is 0 Å². The van der Waals surface area contributed by atoms with Crippen molar-refractivity contribution in [2.45, 2.75) is 0 Å². The number of esters is 1. The van der Waals surface area contributed by atoms with E-state index in [9.17, 15) is 4.79 Å². The molecule has 0 aliphatic rings. The summed E-state index contributed by atoms with van der Waals surface area (Å²) in [6.07, 6.45) is 5.87. The molecule has 0 heterocycles. The van der Waals surface area contributed by atoms with Crippen molar-refractivity contribution in [2.24, 2.45) is 0 Å². The molecule has 0 aliphatic carbocycles. The molecule has 0 fully saturated rings. The normalized spacial score (nSPS) is 9.87. The van der Waals surface area contributed by atoms with Crippen LogP contribution in [0.5, 0.6) is 0 Å². The van der Waals surface area contributed by atoms with E-state index < -0.39 is 5.97 Å². The van der Waals surface area contributed by atoms with Crippen LogP contribution in [0.1, 0.15) is 11.1 Å². The van der Waals surface area contributed by atoms with Crippen molar-refractivity contribution < 1.29 is 9.53 Å². The van der Waals surface area contributed by atoms with E-state index in [0.717, 1.165) is 17.4 Å². The topological polar surface area (TPSA) is 26.3 Å². The van der Waals surface area contributed by atoms with E-state index in [1.165, 1.54) is 6.08 Å². The van der Waals surface area contributed by atoms with Crippen molar-refractivity contribution in [3.05, 3.63) is 60.9 Å². The fraction of sp³-hybridized carbons (Fsp3) is 0. The van der Waals surface area contributed by atoms with Gasteiger partial charge in [0.1, 0.15) is 0 Å². The van der Waals surface area contributed by atoms with Crippen LogP contribution in [0.2, 0.25) is 0 Å². The molecule has 0 spiro atoms. The quantitative estimate of drug-likeness (QED) is 0.424. The Morgan fingerprint density at radius 1 is 1.20 bits per heavy atom. The van der Waals surface area contributed by atoms with Gasteiger partial charge in [0, 0.05) is 6.08 Å². The lowest BCUT2D eigenvalue weighted by Crippen LogP contribution is -1.92. The van der Waals surface area contributed by atoms with Gasteiger partial charge in [-0.1, -0.05) is 43.5 Å². The van der Waals surface area contributed by atoms with Crippen LogP contribution in [0, 0.1) is 0 Å². The molecule has 1 aromatic rings. The molecule has 2 heteroatoms. The Labute approximate surface area is 89.2 Å². The van der Waals surface area contributed by atoms with Crippen LogP contribution in [0.25, 0.3) is 12.2 Å². The van der Waals surface area contributed by atoms with E-state index in [0.29, 0.717) is 0 Å². The van der Waals surface area contributed by atoms with E-state index in [2.05, 4.69) is 17.9 Å². The van der Waals surface area contributed by atoms with E-state index in [1.54, 1.807) is 12.2 Å². The standard InChI is InChI=1S/C13H12O2/c1-3-11-7-5-6-8-12(11)9-10-13(14)15-4-2/h3-10H,1-2H2/b10-9+. The highest BCUT2D eigenvalue weighted by atomic mass is 16.5. The zero-order chi connectivity index (χ0) is 11.1. The van der Waals surface area contributed by atoms with Crippen LogP contribution >= 0.6 is 0 Å². The number of benzene rings is 1. The van der Waals surface area contributed by atoms with Gasteiger partial charge in [0.25, 0.3) is 0 Å². The molecule has 2 nitrogen and oxygen atoms in total. The summed E-state index contributed by atoms with van der Waals surface area (Å²) in [6.45, 7) is 6.99. The third kappa shape index (κ3) is 3.27. The molecule has 76 valence electrons. The molecule has 0 saturated carbocycles. The average Bonchev–Trinajstić information content (AvgIpc) is 2.27. The molecule has 0 bridgehead atoms. The van der Waals surface area contributed by atoms with Gasteiger partial charge in [-0.25, -0.2) is 4.79 Å². The highest BCUT2D eigenvalue weighted by molar-refractivity contribution is 5.88. The van der Waals surface area contributed by atoms with E-state index in [4.69, 9.17) is 0 Å². The number of hydrogen-bond donors (Lipinski definition) is 0. The smallest absolute Gasteiger partial charge is 0.335 e. The molecule has 0 amide bonds. The van der Waals surface area contributed by atoms with Gasteiger partial charge in [-0.15, -0.1) is 0 Å². The minimum Gasteiger partial charge on any atom is -0.432 e.